The first-order valence-corrected chi connectivity index (χ1v) is 9.25. The van der Waals surface area contributed by atoms with Crippen LogP contribution in [-0.4, -0.2) is 37.1 Å². The van der Waals surface area contributed by atoms with Crippen molar-refractivity contribution in [3.63, 3.8) is 0 Å². The third-order valence-corrected chi connectivity index (χ3v) is 5.90. The van der Waals surface area contributed by atoms with Gasteiger partial charge in [0, 0.05) is 25.7 Å². The Morgan fingerprint density at radius 1 is 0.900 bits per heavy atom. The minimum absolute atomic E-state index is 0.765. The molecule has 0 aromatic rings. The molecule has 2 aliphatic carbocycles. The highest BCUT2D eigenvalue weighted by Gasteiger charge is 2.28. The van der Waals surface area contributed by atoms with Gasteiger partial charge in [-0.25, -0.2) is 0 Å². The van der Waals surface area contributed by atoms with Gasteiger partial charge in [-0.1, -0.05) is 32.6 Å². The van der Waals surface area contributed by atoms with Crippen molar-refractivity contribution in [2.45, 2.75) is 70.8 Å². The van der Waals surface area contributed by atoms with E-state index in [2.05, 4.69) is 17.1 Å². The zero-order valence-corrected chi connectivity index (χ0v) is 13.4. The van der Waals surface area contributed by atoms with Crippen LogP contribution in [0.15, 0.2) is 0 Å². The lowest BCUT2D eigenvalue weighted by molar-refractivity contribution is 0.105. The van der Waals surface area contributed by atoms with Gasteiger partial charge in [-0.05, 0) is 56.4 Å². The van der Waals surface area contributed by atoms with Crippen molar-refractivity contribution < 1.29 is 0 Å². The van der Waals surface area contributed by atoms with Crippen molar-refractivity contribution in [3.05, 3.63) is 0 Å². The molecule has 1 aliphatic heterocycles. The van der Waals surface area contributed by atoms with Crippen LogP contribution in [0.1, 0.15) is 64.7 Å². The molecule has 0 radical (unpaired) electrons. The summed E-state index contributed by atoms with van der Waals surface area (Å²) in [6.45, 7) is 7.77. The zero-order valence-electron chi connectivity index (χ0n) is 13.4. The highest BCUT2D eigenvalue weighted by Crippen LogP contribution is 2.29. The van der Waals surface area contributed by atoms with E-state index in [0.717, 1.165) is 23.8 Å². The van der Waals surface area contributed by atoms with Crippen LogP contribution in [0, 0.1) is 17.8 Å². The molecular formula is C18H34N2. The molecule has 0 aromatic carbocycles. The molecule has 2 unspecified atom stereocenters. The van der Waals surface area contributed by atoms with Gasteiger partial charge in [0.1, 0.15) is 0 Å². The van der Waals surface area contributed by atoms with Crippen molar-refractivity contribution in [1.82, 2.24) is 10.2 Å². The molecule has 0 bridgehead atoms. The predicted octanol–water partition coefficient (Wildman–Crippen LogP) is 3.67. The molecule has 0 amide bonds. The molecule has 20 heavy (non-hydrogen) atoms. The number of hydrogen-bond acceptors (Lipinski definition) is 2. The van der Waals surface area contributed by atoms with Gasteiger partial charge >= 0.3 is 0 Å². The molecule has 1 N–H and O–H groups in total. The summed E-state index contributed by atoms with van der Waals surface area (Å²) >= 11 is 0. The summed E-state index contributed by atoms with van der Waals surface area (Å²) in [5.41, 5.74) is 0. The van der Waals surface area contributed by atoms with Crippen molar-refractivity contribution in [3.8, 4) is 0 Å². The Hall–Kier alpha value is -0.0800. The van der Waals surface area contributed by atoms with Gasteiger partial charge < -0.3 is 10.2 Å². The van der Waals surface area contributed by atoms with E-state index in [-0.39, 0.29) is 0 Å². The standard InChI is InChI=1S/C18H34N2/c1-15-10-18(19-11-16-6-3-2-4-7-16)14-20(12-15)13-17-8-5-9-17/h15-19H,2-14H2,1H3. The van der Waals surface area contributed by atoms with E-state index in [1.54, 1.807) is 0 Å². The van der Waals surface area contributed by atoms with Crippen molar-refractivity contribution in [2.75, 3.05) is 26.2 Å². The van der Waals surface area contributed by atoms with Crippen LogP contribution in [0.3, 0.4) is 0 Å². The second kappa shape index (κ2) is 7.26. The predicted molar refractivity (Wildman–Crippen MR) is 85.9 cm³/mol. The first kappa shape index (κ1) is 14.8. The van der Waals surface area contributed by atoms with E-state index >= 15 is 0 Å². The van der Waals surface area contributed by atoms with Crippen LogP contribution < -0.4 is 5.32 Å². The summed E-state index contributed by atoms with van der Waals surface area (Å²) in [5.74, 6) is 2.88. The Morgan fingerprint density at radius 2 is 1.65 bits per heavy atom. The topological polar surface area (TPSA) is 15.3 Å². The summed E-state index contributed by atoms with van der Waals surface area (Å²) in [6, 6.07) is 0.765. The molecule has 2 saturated carbocycles. The van der Waals surface area contributed by atoms with Crippen LogP contribution in [0.4, 0.5) is 0 Å². The fraction of sp³-hybridized carbons (Fsp3) is 1.00. The van der Waals surface area contributed by atoms with Gasteiger partial charge in [-0.15, -0.1) is 0 Å². The van der Waals surface area contributed by atoms with Crippen LogP contribution in [0.5, 0.6) is 0 Å². The number of nitrogens with zero attached hydrogens (tertiary/aromatic N) is 1. The summed E-state index contributed by atoms with van der Waals surface area (Å²) in [5, 5.41) is 3.92. The first-order chi connectivity index (χ1) is 9.79. The second-order valence-corrected chi connectivity index (χ2v) is 7.97. The highest BCUT2D eigenvalue weighted by molar-refractivity contribution is 4.85. The van der Waals surface area contributed by atoms with E-state index in [9.17, 15) is 0 Å². The lowest BCUT2D eigenvalue weighted by atomic mass is 9.84. The van der Waals surface area contributed by atoms with Crippen LogP contribution >= 0.6 is 0 Å². The number of piperidine rings is 1. The largest absolute Gasteiger partial charge is 0.312 e. The third kappa shape index (κ3) is 4.21. The lowest BCUT2D eigenvalue weighted by Crippen LogP contribution is -2.51. The quantitative estimate of drug-likeness (QED) is 0.825. The summed E-state index contributed by atoms with van der Waals surface area (Å²) in [4.78, 5) is 2.76. The Balaban J connectivity index is 1.40. The van der Waals surface area contributed by atoms with Gasteiger partial charge in [0.2, 0.25) is 0 Å². The molecule has 3 aliphatic rings. The number of nitrogens with one attached hydrogen (secondary N) is 1. The lowest BCUT2D eigenvalue weighted by Gasteiger charge is -2.41. The Labute approximate surface area is 125 Å². The minimum atomic E-state index is 0.765. The summed E-state index contributed by atoms with van der Waals surface area (Å²) < 4.78 is 0. The molecule has 2 heteroatoms. The number of rotatable bonds is 5. The average molecular weight is 278 g/mol. The van der Waals surface area contributed by atoms with Crippen molar-refractivity contribution >= 4 is 0 Å². The molecule has 0 aromatic heterocycles. The molecule has 116 valence electrons. The second-order valence-electron chi connectivity index (χ2n) is 7.97. The SMILES string of the molecule is CC1CC(NCC2CCCCC2)CN(CC2CCC2)C1. The smallest absolute Gasteiger partial charge is 0.0198 e. The van der Waals surface area contributed by atoms with Gasteiger partial charge in [0.15, 0.2) is 0 Å². The molecule has 1 saturated heterocycles. The van der Waals surface area contributed by atoms with Gasteiger partial charge in [0.05, 0.1) is 0 Å². The fourth-order valence-corrected chi connectivity index (χ4v) is 4.52. The van der Waals surface area contributed by atoms with Crippen molar-refractivity contribution in [1.29, 1.82) is 0 Å². The highest BCUT2D eigenvalue weighted by atomic mass is 15.2. The van der Waals surface area contributed by atoms with E-state index < -0.39 is 0 Å². The summed E-state index contributed by atoms with van der Waals surface area (Å²) in [7, 11) is 0. The molecule has 2 atom stereocenters. The molecule has 3 rings (SSSR count). The Bertz CT molecular complexity index is 281. The molecular weight excluding hydrogens is 244 g/mol. The zero-order chi connectivity index (χ0) is 13.8. The average Bonchev–Trinajstić information content (AvgIpc) is 2.41. The maximum absolute atomic E-state index is 3.92. The molecule has 1 heterocycles. The van der Waals surface area contributed by atoms with E-state index in [0.29, 0.717) is 0 Å². The molecule has 3 fully saturated rings. The van der Waals surface area contributed by atoms with Crippen LogP contribution in [-0.2, 0) is 0 Å². The normalized spacial score (nSPS) is 34.0. The minimum Gasteiger partial charge on any atom is -0.312 e. The van der Waals surface area contributed by atoms with E-state index in [1.807, 2.05) is 0 Å². The third-order valence-electron chi connectivity index (χ3n) is 5.90. The molecule has 2 nitrogen and oxygen atoms in total. The van der Waals surface area contributed by atoms with Crippen LogP contribution in [0.25, 0.3) is 0 Å². The van der Waals surface area contributed by atoms with Gasteiger partial charge in [-0.3, -0.25) is 0 Å². The number of likely N-dealkylation sites (tertiary alicyclic amines) is 1. The summed E-state index contributed by atoms with van der Waals surface area (Å²) in [6.07, 6.45) is 13.2. The van der Waals surface area contributed by atoms with Gasteiger partial charge in [-0.2, -0.15) is 0 Å². The number of hydrogen-bond donors (Lipinski definition) is 1. The van der Waals surface area contributed by atoms with Gasteiger partial charge in [0.25, 0.3) is 0 Å². The molecule has 0 spiro atoms. The maximum atomic E-state index is 3.92. The monoisotopic (exact) mass is 278 g/mol. The van der Waals surface area contributed by atoms with Crippen LogP contribution in [0.2, 0.25) is 0 Å². The Morgan fingerprint density at radius 3 is 2.35 bits per heavy atom. The fourth-order valence-electron chi connectivity index (χ4n) is 4.52. The Kier molecular flexibility index (Phi) is 5.39. The van der Waals surface area contributed by atoms with Crippen molar-refractivity contribution in [2.24, 2.45) is 17.8 Å². The van der Waals surface area contributed by atoms with E-state index in [4.69, 9.17) is 0 Å². The van der Waals surface area contributed by atoms with E-state index in [1.165, 1.54) is 84.0 Å². The first-order valence-electron chi connectivity index (χ1n) is 9.25. The maximum Gasteiger partial charge on any atom is 0.0198 e.